The number of aryl methyl sites for hydroxylation is 1. The molecule has 252 valence electrons. The number of alkyl halides is 1. The summed E-state index contributed by atoms with van der Waals surface area (Å²) in [6.45, 7) is 4.82. The van der Waals surface area contributed by atoms with Crippen LogP contribution in [0.4, 0.5) is 0 Å². The maximum Gasteiger partial charge on any atom is 0.356 e. The first-order chi connectivity index (χ1) is 23.6. The van der Waals surface area contributed by atoms with Crippen LogP contribution in [0.3, 0.4) is 0 Å². The normalized spacial score (nSPS) is 18.4. The molecule has 1 aromatic heterocycles. The minimum absolute atomic E-state index is 0.0408. The molecule has 17 heteroatoms. The molecule has 0 saturated carbocycles. The number of carbonyl (C=O) groups is 4. The van der Waals surface area contributed by atoms with Crippen molar-refractivity contribution in [3.8, 4) is 0 Å². The Hall–Kier alpha value is -2.71. The van der Waals surface area contributed by atoms with Crippen molar-refractivity contribution in [3.05, 3.63) is 99.1 Å². The zero-order valence-electron chi connectivity index (χ0n) is 26.7. The minimum Gasteiger partial charge on any atom is -0.452 e. The summed E-state index contributed by atoms with van der Waals surface area (Å²) in [7, 11) is 4.19. The van der Waals surface area contributed by atoms with Crippen LogP contribution in [0.25, 0.3) is 0 Å². The van der Waals surface area contributed by atoms with Gasteiger partial charge in [-0.15, -0.1) is 34.7 Å². The van der Waals surface area contributed by atoms with E-state index in [1.807, 2.05) is 60.7 Å². The predicted octanol–water partition coefficient (Wildman–Crippen LogP) is 6.04. The molecule has 2 unspecified atom stereocenters. The zero-order valence-corrected chi connectivity index (χ0v) is 32.1. The van der Waals surface area contributed by atoms with Crippen molar-refractivity contribution in [1.29, 1.82) is 0 Å². The number of nitrogens with zero attached hydrogens (tertiary/aromatic N) is 3. The van der Waals surface area contributed by atoms with Crippen molar-refractivity contribution in [3.63, 3.8) is 0 Å². The monoisotopic (exact) mass is 847 g/mol. The van der Waals surface area contributed by atoms with E-state index in [0.29, 0.717) is 16.3 Å². The summed E-state index contributed by atoms with van der Waals surface area (Å²) in [6, 6.07) is 18.6. The first-order valence-corrected chi connectivity index (χ1v) is 20.2. The summed E-state index contributed by atoms with van der Waals surface area (Å²) in [5, 5.41) is 5.95. The first-order valence-electron chi connectivity index (χ1n) is 14.7. The standard InChI is InChI=1S/C32H30BClN3O7PS2.BI/c1-18(31(40)42-28(20-10-6-4-7-11-20)21-12-8-5-9-13-21)43-36-26(24-17-46-19(2)35-24)25(38)14-23-29(39)37-27(32(41)44-45(3)33)22(15-34)16-47-30(23)37;1-2/h4-13,17-18,23,28,30H,14-16H2,1-3H3;/b36-26-;/t18-,23+,30?,45?;/m0./s1. The molecule has 0 bridgehead atoms. The molecular formula is C32H30B2ClIN3O7PS2. The molecule has 3 aromatic rings. The third kappa shape index (κ3) is 9.55. The van der Waals surface area contributed by atoms with Gasteiger partial charge in [-0.3, -0.25) is 14.5 Å². The number of hydrogen-bond donors (Lipinski definition) is 0. The van der Waals surface area contributed by atoms with E-state index >= 15 is 0 Å². The highest BCUT2D eigenvalue weighted by molar-refractivity contribution is 14.1. The average molecular weight is 848 g/mol. The molecule has 3 heterocycles. The number of hydrogen-bond acceptors (Lipinski definition) is 11. The number of aromatic nitrogens is 1. The maximum absolute atomic E-state index is 13.7. The zero-order chi connectivity index (χ0) is 35.7. The van der Waals surface area contributed by atoms with Crippen molar-refractivity contribution in [2.24, 2.45) is 11.1 Å². The number of thioether (sulfide) groups is 1. The Morgan fingerprint density at radius 2 is 1.73 bits per heavy atom. The fourth-order valence-electron chi connectivity index (χ4n) is 5.06. The summed E-state index contributed by atoms with van der Waals surface area (Å²) in [5.41, 5.74) is 6.80. The second-order valence-electron chi connectivity index (χ2n) is 10.7. The van der Waals surface area contributed by atoms with Crippen LogP contribution in [0.15, 0.2) is 82.5 Å². The second-order valence-corrected chi connectivity index (χ2v) is 14.4. The van der Waals surface area contributed by atoms with Gasteiger partial charge < -0.3 is 14.1 Å². The van der Waals surface area contributed by atoms with E-state index in [2.05, 4.69) is 15.8 Å². The molecule has 0 spiro atoms. The molecule has 10 nitrogen and oxygen atoms in total. The van der Waals surface area contributed by atoms with Gasteiger partial charge in [0.1, 0.15) is 11.4 Å². The largest absolute Gasteiger partial charge is 0.452 e. The highest BCUT2D eigenvalue weighted by atomic mass is 127. The van der Waals surface area contributed by atoms with Crippen LogP contribution in [0, 0.1) is 12.8 Å². The third-order valence-electron chi connectivity index (χ3n) is 7.34. The lowest BCUT2D eigenvalue weighted by molar-refractivity contribution is -0.160. The quantitative estimate of drug-likeness (QED) is 0.0297. The Labute approximate surface area is 315 Å². The van der Waals surface area contributed by atoms with E-state index in [1.54, 1.807) is 41.3 Å². The molecule has 2 aromatic carbocycles. The van der Waals surface area contributed by atoms with Crippen LogP contribution >= 0.6 is 65.1 Å². The van der Waals surface area contributed by atoms with Crippen LogP contribution in [0.2, 0.25) is 0 Å². The Morgan fingerprint density at radius 1 is 1.12 bits per heavy atom. The lowest BCUT2D eigenvalue weighted by Gasteiger charge is -2.49. The molecule has 0 aliphatic carbocycles. The molecule has 4 atom stereocenters. The smallest absolute Gasteiger partial charge is 0.356 e. The molecule has 4 radical (unpaired) electrons. The number of amides is 1. The minimum atomic E-state index is -1.51. The Morgan fingerprint density at radius 3 is 2.27 bits per heavy atom. The first kappa shape index (κ1) is 39.1. The van der Waals surface area contributed by atoms with Crippen LogP contribution in [0.1, 0.15) is 41.3 Å². The highest BCUT2D eigenvalue weighted by Gasteiger charge is 2.54. The average Bonchev–Trinajstić information content (AvgIpc) is 3.55. The van der Waals surface area contributed by atoms with Crippen molar-refractivity contribution in [2.45, 2.75) is 37.9 Å². The number of carbonyl (C=O) groups excluding carboxylic acids is 4. The van der Waals surface area contributed by atoms with Gasteiger partial charge >= 0.3 is 11.9 Å². The summed E-state index contributed by atoms with van der Waals surface area (Å²) in [4.78, 5) is 64.4. The Balaban J connectivity index is 0.00000265. The lowest BCUT2D eigenvalue weighted by atomic mass is 9.89. The number of β-lactam (4-membered cyclic amide) rings is 1. The third-order valence-corrected chi connectivity index (χ3v) is 10.3. The van der Waals surface area contributed by atoms with Gasteiger partial charge in [0, 0.05) is 31.5 Å². The number of Topliss-reactive ketones (excluding diaryl/α,β-unsaturated/α-hetero) is 1. The van der Waals surface area contributed by atoms with Gasteiger partial charge in [0.05, 0.1) is 16.3 Å². The Bertz CT molecular complexity index is 1680. The molecule has 2 aliphatic rings. The van der Waals surface area contributed by atoms with Gasteiger partial charge in [-0.25, -0.2) is 14.6 Å². The summed E-state index contributed by atoms with van der Waals surface area (Å²) in [6.07, 6.45) is -2.08. The number of ketones is 1. The molecule has 2 aliphatic heterocycles. The highest BCUT2D eigenvalue weighted by Crippen LogP contribution is 2.46. The molecular weight excluding hydrogens is 817 g/mol. The van der Waals surface area contributed by atoms with E-state index < -0.39 is 55.2 Å². The molecule has 0 N–H and O–H groups in total. The van der Waals surface area contributed by atoms with Gasteiger partial charge in [0.25, 0.3) is 0 Å². The fourth-order valence-corrected chi connectivity index (χ4v) is 7.76. The number of rotatable bonds is 13. The van der Waals surface area contributed by atoms with E-state index in [9.17, 15) is 19.2 Å². The number of halogens is 2. The number of oxime groups is 1. The van der Waals surface area contributed by atoms with Crippen molar-refractivity contribution >= 4 is 108 Å². The van der Waals surface area contributed by atoms with Crippen LogP contribution in [-0.4, -0.2) is 82.3 Å². The van der Waals surface area contributed by atoms with E-state index in [1.165, 1.54) is 34.9 Å². The van der Waals surface area contributed by atoms with E-state index in [-0.39, 0.29) is 29.4 Å². The van der Waals surface area contributed by atoms with Crippen molar-refractivity contribution in [2.75, 3.05) is 18.3 Å². The van der Waals surface area contributed by atoms with E-state index in [4.69, 9.17) is 33.3 Å². The van der Waals surface area contributed by atoms with Crippen LogP contribution in [-0.2, 0) is 33.3 Å². The molecule has 1 fully saturated rings. The van der Waals surface area contributed by atoms with E-state index in [0.717, 1.165) is 11.1 Å². The SMILES string of the molecule is [B]I.[B]P(C)OC(=O)C1=C(CCl)CSC2[C@H](CC(=O)/C(=N\O[C@@H](C)C(=O)OC(c3ccccc3)c3ccccc3)c3csc(C)n3)C(=O)N12. The number of thiazole rings is 1. The molecule has 1 amide bonds. The molecule has 5 rings (SSSR count). The molecule has 1 saturated heterocycles. The summed E-state index contributed by atoms with van der Waals surface area (Å²) in [5.74, 6) is -2.63. The predicted molar refractivity (Wildman–Crippen MR) is 203 cm³/mol. The van der Waals surface area contributed by atoms with Crippen molar-refractivity contribution < 1.29 is 33.3 Å². The van der Waals surface area contributed by atoms with Gasteiger partial charge in [-0.2, -0.15) is 22.4 Å². The van der Waals surface area contributed by atoms with Crippen LogP contribution < -0.4 is 0 Å². The topological polar surface area (TPSA) is 124 Å². The van der Waals surface area contributed by atoms with Gasteiger partial charge in [0.15, 0.2) is 30.9 Å². The van der Waals surface area contributed by atoms with Gasteiger partial charge in [-0.1, -0.05) is 65.8 Å². The maximum atomic E-state index is 13.7. The number of ether oxygens (including phenoxy) is 1. The van der Waals surface area contributed by atoms with Crippen LogP contribution in [0.5, 0.6) is 0 Å². The molecule has 49 heavy (non-hydrogen) atoms. The summed E-state index contributed by atoms with van der Waals surface area (Å²) < 4.78 is 11.1. The number of fused-ring (bicyclic) bond motifs is 1. The Kier molecular flexibility index (Phi) is 14.8. The van der Waals surface area contributed by atoms with Gasteiger partial charge in [-0.05, 0) is 37.2 Å². The van der Waals surface area contributed by atoms with Gasteiger partial charge in [0.2, 0.25) is 12.0 Å². The fraction of sp³-hybridized carbons (Fsp3) is 0.312. The number of esters is 1. The van der Waals surface area contributed by atoms with Crippen molar-refractivity contribution in [1.82, 2.24) is 9.88 Å². The summed E-state index contributed by atoms with van der Waals surface area (Å²) >= 11 is 10.4. The lowest BCUT2D eigenvalue weighted by Crippen LogP contribution is -2.62. The second kappa shape index (κ2) is 18.5. The number of benzene rings is 2.